The van der Waals surface area contributed by atoms with Gasteiger partial charge < -0.3 is 15.2 Å². The molecule has 3 heteroatoms. The van der Waals surface area contributed by atoms with Crippen molar-refractivity contribution in [2.24, 2.45) is 5.92 Å². The molecule has 90 valence electrons. The van der Waals surface area contributed by atoms with Gasteiger partial charge in [0, 0.05) is 11.8 Å². The second-order valence-electron chi connectivity index (χ2n) is 4.59. The highest BCUT2D eigenvalue weighted by Crippen LogP contribution is 2.24. The first-order chi connectivity index (χ1) is 7.51. The average molecular weight is 223 g/mol. The summed E-state index contributed by atoms with van der Waals surface area (Å²) >= 11 is 0. The van der Waals surface area contributed by atoms with Crippen LogP contribution in [0.15, 0.2) is 24.3 Å². The van der Waals surface area contributed by atoms with Gasteiger partial charge in [-0.2, -0.15) is 0 Å². The number of hydrogen-bond donors (Lipinski definition) is 2. The van der Waals surface area contributed by atoms with Crippen LogP contribution in [0.1, 0.15) is 20.8 Å². The molecule has 0 aromatic heterocycles. The van der Waals surface area contributed by atoms with Crippen molar-refractivity contribution in [2.75, 3.05) is 19.0 Å². The highest BCUT2D eigenvalue weighted by atomic mass is 16.5. The van der Waals surface area contributed by atoms with Crippen LogP contribution in [0.25, 0.3) is 0 Å². The second kappa shape index (κ2) is 5.21. The Morgan fingerprint density at radius 3 is 2.62 bits per heavy atom. The predicted molar refractivity (Wildman–Crippen MR) is 66.9 cm³/mol. The van der Waals surface area contributed by atoms with E-state index >= 15 is 0 Å². The molecule has 0 saturated carbocycles. The van der Waals surface area contributed by atoms with E-state index in [1.54, 1.807) is 7.11 Å². The van der Waals surface area contributed by atoms with E-state index in [2.05, 4.69) is 19.2 Å². The van der Waals surface area contributed by atoms with Gasteiger partial charge in [0.15, 0.2) is 0 Å². The quantitative estimate of drug-likeness (QED) is 0.806. The monoisotopic (exact) mass is 223 g/mol. The Morgan fingerprint density at radius 1 is 1.44 bits per heavy atom. The van der Waals surface area contributed by atoms with Gasteiger partial charge in [-0.1, -0.05) is 19.9 Å². The van der Waals surface area contributed by atoms with Crippen molar-refractivity contribution in [3.63, 3.8) is 0 Å². The lowest BCUT2D eigenvalue weighted by atomic mass is 9.89. The van der Waals surface area contributed by atoms with Gasteiger partial charge in [-0.3, -0.25) is 0 Å². The van der Waals surface area contributed by atoms with Crippen molar-refractivity contribution in [3.8, 4) is 5.75 Å². The van der Waals surface area contributed by atoms with E-state index in [0.717, 1.165) is 11.4 Å². The van der Waals surface area contributed by atoms with E-state index < -0.39 is 0 Å². The topological polar surface area (TPSA) is 41.5 Å². The summed E-state index contributed by atoms with van der Waals surface area (Å²) in [7, 11) is 1.65. The van der Waals surface area contributed by atoms with E-state index in [1.165, 1.54) is 0 Å². The van der Waals surface area contributed by atoms with Crippen molar-refractivity contribution < 1.29 is 9.84 Å². The molecule has 0 bridgehead atoms. The first kappa shape index (κ1) is 12.8. The first-order valence-corrected chi connectivity index (χ1v) is 5.55. The molecule has 0 saturated heterocycles. The summed E-state index contributed by atoms with van der Waals surface area (Å²) in [4.78, 5) is 0. The number of nitrogens with one attached hydrogen (secondary N) is 1. The molecule has 0 heterocycles. The Balaban J connectivity index is 2.85. The normalized spacial score (nSPS) is 14.6. The maximum atomic E-state index is 9.45. The highest BCUT2D eigenvalue weighted by molar-refractivity contribution is 5.50. The third kappa shape index (κ3) is 2.89. The van der Waals surface area contributed by atoms with Crippen LogP contribution >= 0.6 is 0 Å². The Morgan fingerprint density at radius 2 is 2.12 bits per heavy atom. The molecular weight excluding hydrogens is 202 g/mol. The van der Waals surface area contributed by atoms with Crippen molar-refractivity contribution in [1.82, 2.24) is 0 Å². The van der Waals surface area contributed by atoms with E-state index in [1.807, 2.05) is 31.2 Å². The van der Waals surface area contributed by atoms with Gasteiger partial charge in [0.2, 0.25) is 0 Å². The van der Waals surface area contributed by atoms with Crippen LogP contribution < -0.4 is 10.1 Å². The van der Waals surface area contributed by atoms with Gasteiger partial charge >= 0.3 is 0 Å². The molecule has 0 aliphatic heterocycles. The van der Waals surface area contributed by atoms with Crippen LogP contribution in [0.5, 0.6) is 5.75 Å². The zero-order valence-corrected chi connectivity index (χ0v) is 10.4. The van der Waals surface area contributed by atoms with Crippen LogP contribution in [-0.4, -0.2) is 24.4 Å². The Kier molecular flexibility index (Phi) is 4.19. The number of benzene rings is 1. The average Bonchev–Trinajstić information content (AvgIpc) is 2.29. The fourth-order valence-corrected chi connectivity index (χ4v) is 1.40. The van der Waals surface area contributed by atoms with Crippen LogP contribution in [0.4, 0.5) is 5.69 Å². The Bertz CT molecular complexity index is 338. The molecular formula is C13H21NO2. The highest BCUT2D eigenvalue weighted by Gasteiger charge is 2.27. The number of hydrogen-bond acceptors (Lipinski definition) is 3. The summed E-state index contributed by atoms with van der Waals surface area (Å²) in [5, 5.41) is 12.8. The first-order valence-electron chi connectivity index (χ1n) is 5.55. The maximum absolute atomic E-state index is 9.45. The number of rotatable bonds is 5. The van der Waals surface area contributed by atoms with Crippen molar-refractivity contribution >= 4 is 5.69 Å². The summed E-state index contributed by atoms with van der Waals surface area (Å²) in [6.07, 6.45) is 0. The smallest absolute Gasteiger partial charge is 0.120 e. The number of aliphatic hydroxyl groups is 1. The zero-order chi connectivity index (χ0) is 12.2. The minimum absolute atomic E-state index is 0.0991. The lowest BCUT2D eigenvalue weighted by Gasteiger charge is -2.34. The fourth-order valence-electron chi connectivity index (χ4n) is 1.40. The van der Waals surface area contributed by atoms with Gasteiger partial charge in [-0.05, 0) is 25.0 Å². The number of ether oxygens (including phenoxy) is 1. The number of anilines is 1. The van der Waals surface area contributed by atoms with Gasteiger partial charge in [-0.15, -0.1) is 0 Å². The Hall–Kier alpha value is -1.22. The minimum atomic E-state index is -0.313. The summed E-state index contributed by atoms with van der Waals surface area (Å²) in [5.74, 6) is 1.15. The zero-order valence-electron chi connectivity index (χ0n) is 10.4. The SMILES string of the molecule is COc1cccc(NC(C)(CO)C(C)C)c1. The minimum Gasteiger partial charge on any atom is -0.497 e. The van der Waals surface area contributed by atoms with Crippen molar-refractivity contribution in [1.29, 1.82) is 0 Å². The van der Waals surface area contributed by atoms with Crippen molar-refractivity contribution in [3.05, 3.63) is 24.3 Å². The van der Waals surface area contributed by atoms with E-state index in [4.69, 9.17) is 4.74 Å². The molecule has 0 spiro atoms. The van der Waals surface area contributed by atoms with E-state index in [0.29, 0.717) is 5.92 Å². The molecule has 3 nitrogen and oxygen atoms in total. The molecule has 1 rings (SSSR count). The molecule has 0 radical (unpaired) electrons. The molecule has 2 N–H and O–H groups in total. The molecule has 0 fully saturated rings. The Labute approximate surface area is 97.4 Å². The number of aliphatic hydroxyl groups excluding tert-OH is 1. The second-order valence-corrected chi connectivity index (χ2v) is 4.59. The van der Waals surface area contributed by atoms with Crippen molar-refractivity contribution in [2.45, 2.75) is 26.3 Å². The summed E-state index contributed by atoms with van der Waals surface area (Å²) in [6, 6.07) is 7.73. The molecule has 1 unspecified atom stereocenters. The summed E-state index contributed by atoms with van der Waals surface area (Å²) < 4.78 is 5.16. The summed E-state index contributed by atoms with van der Waals surface area (Å²) in [6.45, 7) is 6.28. The van der Waals surface area contributed by atoms with Crippen LogP contribution in [0, 0.1) is 5.92 Å². The lowest BCUT2D eigenvalue weighted by molar-refractivity contribution is 0.186. The number of methoxy groups -OCH3 is 1. The predicted octanol–water partition coefficient (Wildman–Crippen LogP) is 2.51. The van der Waals surface area contributed by atoms with Gasteiger partial charge in [0.1, 0.15) is 5.75 Å². The third-order valence-electron chi connectivity index (χ3n) is 3.10. The molecule has 0 aliphatic rings. The van der Waals surface area contributed by atoms with E-state index in [9.17, 15) is 5.11 Å². The van der Waals surface area contributed by atoms with E-state index in [-0.39, 0.29) is 12.1 Å². The van der Waals surface area contributed by atoms with Gasteiger partial charge in [0.25, 0.3) is 0 Å². The lowest BCUT2D eigenvalue weighted by Crippen LogP contribution is -2.43. The fraction of sp³-hybridized carbons (Fsp3) is 0.538. The van der Waals surface area contributed by atoms with Gasteiger partial charge in [0.05, 0.1) is 19.3 Å². The maximum Gasteiger partial charge on any atom is 0.120 e. The molecule has 0 amide bonds. The standard InChI is InChI=1S/C13H21NO2/c1-10(2)13(3,9-15)14-11-6-5-7-12(8-11)16-4/h5-8,10,14-15H,9H2,1-4H3. The molecule has 1 atom stereocenters. The van der Waals surface area contributed by atoms with Crippen LogP contribution in [0.3, 0.4) is 0 Å². The van der Waals surface area contributed by atoms with Crippen LogP contribution in [-0.2, 0) is 0 Å². The molecule has 1 aromatic rings. The third-order valence-corrected chi connectivity index (χ3v) is 3.10. The molecule has 16 heavy (non-hydrogen) atoms. The molecule has 1 aromatic carbocycles. The van der Waals surface area contributed by atoms with Crippen LogP contribution in [0.2, 0.25) is 0 Å². The van der Waals surface area contributed by atoms with Gasteiger partial charge in [-0.25, -0.2) is 0 Å². The summed E-state index contributed by atoms with van der Waals surface area (Å²) in [5.41, 5.74) is 0.649. The largest absolute Gasteiger partial charge is 0.497 e. The molecule has 0 aliphatic carbocycles.